The predicted molar refractivity (Wildman–Crippen MR) is 99.7 cm³/mol. The van der Waals surface area contributed by atoms with Crippen LogP contribution in [0.5, 0.6) is 0 Å². The summed E-state index contributed by atoms with van der Waals surface area (Å²) in [5.74, 6) is 0.468. The lowest BCUT2D eigenvalue weighted by Crippen LogP contribution is -3.06. The molecule has 1 aromatic carbocycles. The van der Waals surface area contributed by atoms with E-state index < -0.39 is 0 Å². The molecule has 0 aliphatic heterocycles. The van der Waals surface area contributed by atoms with Crippen LogP contribution in [0.15, 0.2) is 24.3 Å². The molecular weight excluding hydrogens is 312 g/mol. The summed E-state index contributed by atoms with van der Waals surface area (Å²) in [5, 5.41) is 7.98. The van der Waals surface area contributed by atoms with E-state index in [0.29, 0.717) is 12.5 Å². The van der Waals surface area contributed by atoms with Crippen molar-refractivity contribution in [3.63, 3.8) is 0 Å². The second-order valence-corrected chi connectivity index (χ2v) is 7.25. The molecule has 2 aromatic rings. The van der Waals surface area contributed by atoms with Gasteiger partial charge < -0.3 is 10.2 Å². The molecule has 5 nitrogen and oxygen atoms in total. The molecule has 1 heterocycles. The van der Waals surface area contributed by atoms with Crippen molar-refractivity contribution in [1.29, 1.82) is 0 Å². The Morgan fingerprint density at radius 3 is 2.64 bits per heavy atom. The lowest BCUT2D eigenvalue weighted by atomic mass is 10.1. The molecule has 0 bridgehead atoms. The summed E-state index contributed by atoms with van der Waals surface area (Å²) in [6, 6.07) is 8.23. The lowest BCUT2D eigenvalue weighted by Gasteiger charge is -2.11. The molecule has 0 radical (unpaired) electrons. The van der Waals surface area contributed by atoms with Crippen LogP contribution in [0.25, 0.3) is 5.69 Å². The van der Waals surface area contributed by atoms with Crippen LogP contribution in [0.3, 0.4) is 0 Å². The third-order valence-electron chi connectivity index (χ3n) is 4.79. The molecule has 1 fully saturated rings. The molecule has 1 aliphatic carbocycles. The summed E-state index contributed by atoms with van der Waals surface area (Å²) in [4.78, 5) is 14.2. The first-order chi connectivity index (χ1) is 12.0. The van der Waals surface area contributed by atoms with Crippen molar-refractivity contribution in [3.05, 3.63) is 46.8 Å². The first-order valence-corrected chi connectivity index (χ1v) is 9.28. The van der Waals surface area contributed by atoms with Crippen molar-refractivity contribution in [3.8, 4) is 5.69 Å². The Morgan fingerprint density at radius 1 is 1.32 bits per heavy atom. The highest BCUT2D eigenvalue weighted by Gasteiger charge is 2.34. The minimum absolute atomic E-state index is 0.0276. The fourth-order valence-electron chi connectivity index (χ4n) is 3.20. The van der Waals surface area contributed by atoms with Gasteiger partial charge in [-0.1, -0.05) is 25.1 Å². The van der Waals surface area contributed by atoms with Crippen LogP contribution >= 0.6 is 0 Å². The largest absolute Gasteiger partial charge is 0.346 e. The molecule has 5 heteroatoms. The summed E-state index contributed by atoms with van der Waals surface area (Å²) in [7, 11) is 4.19. The number of nitrogens with zero attached hydrogens (tertiary/aromatic N) is 2. The van der Waals surface area contributed by atoms with Gasteiger partial charge in [-0.05, 0) is 37.8 Å². The van der Waals surface area contributed by atoms with Crippen molar-refractivity contribution in [2.75, 3.05) is 27.2 Å². The molecule has 0 unspecified atom stereocenters. The molecule has 134 valence electrons. The zero-order valence-corrected chi connectivity index (χ0v) is 15.7. The number of carbonyl (C=O) groups is 1. The van der Waals surface area contributed by atoms with E-state index in [0.717, 1.165) is 48.4 Å². The Morgan fingerprint density at radius 2 is 2.04 bits per heavy atom. The fourth-order valence-corrected chi connectivity index (χ4v) is 3.20. The van der Waals surface area contributed by atoms with E-state index in [9.17, 15) is 4.79 Å². The van der Waals surface area contributed by atoms with Gasteiger partial charge in [0.2, 0.25) is 0 Å². The minimum Gasteiger partial charge on any atom is -0.346 e. The minimum atomic E-state index is 0.0276. The predicted octanol–water partition coefficient (Wildman–Crippen LogP) is 1.49. The molecule has 3 rings (SSSR count). The first kappa shape index (κ1) is 17.7. The number of rotatable bonds is 7. The van der Waals surface area contributed by atoms with E-state index in [1.807, 2.05) is 16.8 Å². The normalized spacial score (nSPS) is 14.1. The van der Waals surface area contributed by atoms with Crippen LogP contribution < -0.4 is 10.2 Å². The molecule has 0 spiro atoms. The maximum absolute atomic E-state index is 12.9. The number of para-hydroxylation sites is 1. The number of hydrogen-bond donors (Lipinski definition) is 2. The van der Waals surface area contributed by atoms with Gasteiger partial charge in [0.1, 0.15) is 0 Å². The van der Waals surface area contributed by atoms with Crippen LogP contribution in [-0.4, -0.2) is 42.9 Å². The number of hydrogen-bond acceptors (Lipinski definition) is 2. The molecule has 1 aliphatic rings. The van der Waals surface area contributed by atoms with E-state index in [2.05, 4.69) is 45.4 Å². The van der Waals surface area contributed by atoms with Gasteiger partial charge in [0.05, 0.1) is 49.8 Å². The summed E-state index contributed by atoms with van der Waals surface area (Å²) < 4.78 is 2.00. The second kappa shape index (κ2) is 7.40. The van der Waals surface area contributed by atoms with Gasteiger partial charge in [-0.15, -0.1) is 0 Å². The standard InChI is InChI=1S/C20H28N4O/c1-5-16-18(20(25)21-12-13-23(3)4)19(15-10-11-15)22-24(16)17-9-7-6-8-14(17)2/h6-9,15H,5,10-13H2,1-4H3,(H,21,25)/p+1. The van der Waals surface area contributed by atoms with E-state index in [1.165, 1.54) is 10.5 Å². The number of aryl methyl sites for hydroxylation is 1. The number of benzene rings is 1. The number of quaternary nitrogens is 1. The average Bonchev–Trinajstić information content (AvgIpc) is 3.35. The van der Waals surface area contributed by atoms with Crippen molar-refractivity contribution in [2.45, 2.75) is 39.0 Å². The SMILES string of the molecule is CCc1c(C(=O)NCC[NH+](C)C)c(C2CC2)nn1-c1ccccc1C. The van der Waals surface area contributed by atoms with Crippen molar-refractivity contribution >= 4 is 5.91 Å². The van der Waals surface area contributed by atoms with Crippen LogP contribution in [0.4, 0.5) is 0 Å². The monoisotopic (exact) mass is 341 g/mol. The molecular formula is C20H29N4O+. The first-order valence-electron chi connectivity index (χ1n) is 9.28. The van der Waals surface area contributed by atoms with Crippen LogP contribution in [0, 0.1) is 6.92 Å². The third-order valence-corrected chi connectivity index (χ3v) is 4.79. The average molecular weight is 341 g/mol. The molecule has 2 N–H and O–H groups in total. The maximum atomic E-state index is 12.9. The summed E-state index contributed by atoms with van der Waals surface area (Å²) in [5.41, 5.74) is 5.05. The Bertz CT molecular complexity index is 759. The summed E-state index contributed by atoms with van der Waals surface area (Å²) in [6.45, 7) is 5.79. The van der Waals surface area contributed by atoms with Crippen LogP contribution in [-0.2, 0) is 6.42 Å². The fraction of sp³-hybridized carbons (Fsp3) is 0.500. The van der Waals surface area contributed by atoms with Gasteiger partial charge in [0.25, 0.3) is 5.91 Å². The van der Waals surface area contributed by atoms with E-state index in [4.69, 9.17) is 5.10 Å². The van der Waals surface area contributed by atoms with Crippen LogP contribution in [0.1, 0.15) is 53.0 Å². The van der Waals surface area contributed by atoms with Gasteiger partial charge in [0, 0.05) is 5.92 Å². The van der Waals surface area contributed by atoms with Gasteiger partial charge in [-0.3, -0.25) is 4.79 Å². The van der Waals surface area contributed by atoms with E-state index in [-0.39, 0.29) is 5.91 Å². The number of likely N-dealkylation sites (N-methyl/N-ethyl adjacent to an activating group) is 1. The Labute approximate surface area is 150 Å². The zero-order chi connectivity index (χ0) is 18.0. The smallest absolute Gasteiger partial charge is 0.255 e. The van der Waals surface area contributed by atoms with Gasteiger partial charge >= 0.3 is 0 Å². The molecule has 1 saturated carbocycles. The zero-order valence-electron chi connectivity index (χ0n) is 15.7. The summed E-state index contributed by atoms with van der Waals surface area (Å²) in [6.07, 6.45) is 3.06. The molecule has 0 saturated heterocycles. The quantitative estimate of drug-likeness (QED) is 0.802. The molecule has 1 aromatic heterocycles. The number of aromatic nitrogens is 2. The third kappa shape index (κ3) is 3.76. The highest BCUT2D eigenvalue weighted by molar-refractivity contribution is 5.97. The Kier molecular flexibility index (Phi) is 5.23. The molecule has 0 atom stereocenters. The van der Waals surface area contributed by atoms with Crippen molar-refractivity contribution in [2.24, 2.45) is 0 Å². The number of amides is 1. The van der Waals surface area contributed by atoms with E-state index >= 15 is 0 Å². The van der Waals surface area contributed by atoms with Crippen molar-refractivity contribution in [1.82, 2.24) is 15.1 Å². The number of carbonyl (C=O) groups excluding carboxylic acids is 1. The van der Waals surface area contributed by atoms with Gasteiger partial charge in [-0.25, -0.2) is 4.68 Å². The Balaban J connectivity index is 1.99. The maximum Gasteiger partial charge on any atom is 0.255 e. The molecule has 1 amide bonds. The molecule has 25 heavy (non-hydrogen) atoms. The summed E-state index contributed by atoms with van der Waals surface area (Å²) >= 11 is 0. The topological polar surface area (TPSA) is 51.4 Å². The van der Waals surface area contributed by atoms with Gasteiger partial charge in [-0.2, -0.15) is 5.10 Å². The van der Waals surface area contributed by atoms with Crippen molar-refractivity contribution < 1.29 is 9.69 Å². The van der Waals surface area contributed by atoms with Crippen LogP contribution in [0.2, 0.25) is 0 Å². The Hall–Kier alpha value is -2.14. The highest BCUT2D eigenvalue weighted by Crippen LogP contribution is 2.42. The van der Waals surface area contributed by atoms with Gasteiger partial charge in [0.15, 0.2) is 0 Å². The highest BCUT2D eigenvalue weighted by atomic mass is 16.1. The van der Waals surface area contributed by atoms with E-state index in [1.54, 1.807) is 0 Å². The number of nitrogens with one attached hydrogen (secondary N) is 2. The second-order valence-electron chi connectivity index (χ2n) is 7.25. The lowest BCUT2D eigenvalue weighted by molar-refractivity contribution is -0.856.